The minimum absolute atomic E-state index is 0.0795. The number of aromatic nitrogens is 2. The summed E-state index contributed by atoms with van der Waals surface area (Å²) in [5.41, 5.74) is -0.570. The van der Waals surface area contributed by atoms with Crippen molar-refractivity contribution in [3.63, 3.8) is 0 Å². The number of amidine groups is 1. The lowest BCUT2D eigenvalue weighted by Gasteiger charge is -2.43. The van der Waals surface area contributed by atoms with Gasteiger partial charge < -0.3 is 18.8 Å². The molecule has 1 saturated heterocycles. The van der Waals surface area contributed by atoms with Gasteiger partial charge in [0.2, 0.25) is 0 Å². The Bertz CT molecular complexity index is 1490. The quantitative estimate of drug-likeness (QED) is 0.190. The van der Waals surface area contributed by atoms with Crippen molar-refractivity contribution < 1.29 is 13.9 Å². The molecule has 4 rings (SSSR count). The van der Waals surface area contributed by atoms with Crippen molar-refractivity contribution in [1.29, 1.82) is 0 Å². The Morgan fingerprint density at radius 1 is 1.10 bits per heavy atom. The third-order valence-electron chi connectivity index (χ3n) is 7.67. The Morgan fingerprint density at radius 2 is 1.67 bits per heavy atom. The molecule has 9 nitrogen and oxygen atoms in total. The molecule has 0 aliphatic carbocycles. The van der Waals surface area contributed by atoms with Crippen molar-refractivity contribution >= 4 is 41.9 Å². The third kappa shape index (κ3) is 6.64. The molecule has 1 aliphatic rings. The molecular weight excluding hydrogens is 569 g/mol. The molecule has 224 valence electrons. The van der Waals surface area contributed by atoms with Gasteiger partial charge in [0.15, 0.2) is 0 Å². The Morgan fingerprint density at radius 3 is 2.19 bits per heavy atom. The van der Waals surface area contributed by atoms with E-state index in [1.165, 1.54) is 10.8 Å². The van der Waals surface area contributed by atoms with Crippen molar-refractivity contribution in [2.45, 2.75) is 64.5 Å². The van der Waals surface area contributed by atoms with Gasteiger partial charge in [-0.05, 0) is 41.5 Å². The van der Waals surface area contributed by atoms with E-state index in [9.17, 15) is 9.59 Å². The van der Waals surface area contributed by atoms with Crippen LogP contribution in [0.2, 0.25) is 5.04 Å². The van der Waals surface area contributed by atoms with Crippen LogP contribution in [-0.4, -0.2) is 66.7 Å². The van der Waals surface area contributed by atoms with Gasteiger partial charge in [-0.25, -0.2) is 4.79 Å². The molecule has 3 atom stereocenters. The Hall–Kier alpha value is -3.38. The zero-order chi connectivity index (χ0) is 30.7. The number of nitrogens with one attached hydrogen (secondary N) is 1. The van der Waals surface area contributed by atoms with E-state index < -0.39 is 38.0 Å². The maximum atomic E-state index is 12.8. The Balaban J connectivity index is 1.72. The topological polar surface area (TPSA) is 98.2 Å². The maximum Gasteiger partial charge on any atom is 0.330 e. The van der Waals surface area contributed by atoms with E-state index >= 15 is 0 Å². The van der Waals surface area contributed by atoms with Crippen LogP contribution in [0.1, 0.15) is 45.9 Å². The molecule has 11 heteroatoms. The number of ether oxygens (including phenoxy) is 2. The first-order valence-corrected chi connectivity index (χ1v) is 16.3. The van der Waals surface area contributed by atoms with Gasteiger partial charge in [-0.3, -0.25) is 14.3 Å². The Kier molecular flexibility index (Phi) is 9.66. The summed E-state index contributed by atoms with van der Waals surface area (Å²) >= 11 is 5.49. The number of thiocarbonyl (C=S) groups is 1. The largest absolute Gasteiger partial charge is 0.463 e. The van der Waals surface area contributed by atoms with Gasteiger partial charge in [0.25, 0.3) is 19.1 Å². The summed E-state index contributed by atoms with van der Waals surface area (Å²) in [6.45, 7) is 10.3. The van der Waals surface area contributed by atoms with E-state index in [1.807, 2.05) is 62.3 Å². The number of H-pyrrole nitrogens is 1. The van der Waals surface area contributed by atoms with Crippen molar-refractivity contribution in [1.82, 2.24) is 14.5 Å². The molecule has 3 aromatic rings. The van der Waals surface area contributed by atoms with Gasteiger partial charge in [0, 0.05) is 32.3 Å². The number of aromatic amines is 1. The van der Waals surface area contributed by atoms with E-state index in [-0.39, 0.29) is 16.8 Å². The molecule has 0 radical (unpaired) electrons. The summed E-state index contributed by atoms with van der Waals surface area (Å²) in [6, 6.07) is 20.7. The molecule has 0 spiro atoms. The second-order valence-electron chi connectivity index (χ2n) is 11.8. The number of benzene rings is 2. The highest BCUT2D eigenvalue weighted by molar-refractivity contribution is 7.80. The standard InChI is InChI=1S/C31H40N4O5SSi/c1-21-19-35(29(37)33-28(21)36)27-18-25(40-30(41)32-22(2)34(6)7)26(39-27)20-38-42(31(3,4)5,23-14-10-8-11-15-23)24-16-12-9-13-17-24/h8-17,19,25-27H,18,20H2,1-7H3,(H,33,36,37)/b32-22+/t25-,26+,27+/m0/s1. The second-order valence-corrected chi connectivity index (χ2v) is 16.4. The van der Waals surface area contributed by atoms with Crippen molar-refractivity contribution in [2.24, 2.45) is 4.99 Å². The van der Waals surface area contributed by atoms with Gasteiger partial charge in [0.05, 0.1) is 6.61 Å². The molecular formula is C31H40N4O5SSi. The zero-order valence-electron chi connectivity index (χ0n) is 25.3. The van der Waals surface area contributed by atoms with Gasteiger partial charge >= 0.3 is 5.69 Å². The molecule has 0 bridgehead atoms. The van der Waals surface area contributed by atoms with Crippen LogP contribution >= 0.6 is 12.2 Å². The molecule has 1 fully saturated rings. The van der Waals surface area contributed by atoms with Gasteiger partial charge in [0.1, 0.15) is 24.3 Å². The molecule has 42 heavy (non-hydrogen) atoms. The predicted octanol–water partition coefficient (Wildman–Crippen LogP) is 3.36. The van der Waals surface area contributed by atoms with Crippen LogP contribution in [0.25, 0.3) is 0 Å². The van der Waals surface area contributed by atoms with E-state index in [0.717, 1.165) is 10.4 Å². The molecule has 1 N–H and O–H groups in total. The highest BCUT2D eigenvalue weighted by Crippen LogP contribution is 2.38. The van der Waals surface area contributed by atoms with Crippen molar-refractivity contribution in [3.05, 3.63) is 93.3 Å². The molecule has 0 unspecified atom stereocenters. The lowest BCUT2D eigenvalue weighted by molar-refractivity contribution is -0.0403. The summed E-state index contributed by atoms with van der Waals surface area (Å²) in [5.74, 6) is 0.697. The molecule has 0 amide bonds. The van der Waals surface area contributed by atoms with Crippen LogP contribution in [0.4, 0.5) is 0 Å². The Labute approximate surface area is 253 Å². The highest BCUT2D eigenvalue weighted by Gasteiger charge is 2.51. The highest BCUT2D eigenvalue weighted by atomic mass is 32.1. The van der Waals surface area contributed by atoms with E-state index in [4.69, 9.17) is 26.1 Å². The number of rotatable bonds is 7. The molecule has 0 saturated carbocycles. The summed E-state index contributed by atoms with van der Waals surface area (Å²) in [6.07, 6.45) is 0.0345. The van der Waals surface area contributed by atoms with Crippen LogP contribution < -0.4 is 21.6 Å². The van der Waals surface area contributed by atoms with Crippen molar-refractivity contribution in [2.75, 3.05) is 20.7 Å². The fraction of sp³-hybridized carbons (Fsp3) is 0.419. The monoisotopic (exact) mass is 608 g/mol. The number of aryl methyl sites for hydroxylation is 1. The fourth-order valence-electron chi connectivity index (χ4n) is 5.30. The van der Waals surface area contributed by atoms with Gasteiger partial charge in [-0.1, -0.05) is 81.4 Å². The minimum Gasteiger partial charge on any atom is -0.463 e. The molecule has 2 aromatic carbocycles. The number of aliphatic imine (C=N–C) groups is 1. The maximum absolute atomic E-state index is 12.8. The second kappa shape index (κ2) is 12.9. The lowest BCUT2D eigenvalue weighted by Crippen LogP contribution is -2.67. The fourth-order valence-corrected chi connectivity index (χ4v) is 10.1. The number of nitrogens with zero attached hydrogens (tertiary/aromatic N) is 3. The van der Waals surface area contributed by atoms with Crippen LogP contribution in [-0.2, 0) is 13.9 Å². The van der Waals surface area contributed by atoms with Crippen LogP contribution in [0, 0.1) is 6.92 Å². The molecule has 1 aromatic heterocycles. The van der Waals surface area contributed by atoms with Crippen LogP contribution in [0.15, 0.2) is 81.4 Å². The van der Waals surface area contributed by atoms with E-state index in [2.05, 4.69) is 55.0 Å². The normalized spacial score (nSPS) is 19.5. The van der Waals surface area contributed by atoms with Gasteiger partial charge in [-0.15, -0.1) is 0 Å². The first-order valence-electron chi connectivity index (χ1n) is 14.0. The summed E-state index contributed by atoms with van der Waals surface area (Å²) in [7, 11) is 0.878. The zero-order valence-corrected chi connectivity index (χ0v) is 27.1. The average molecular weight is 609 g/mol. The smallest absolute Gasteiger partial charge is 0.330 e. The molecule has 1 aliphatic heterocycles. The van der Waals surface area contributed by atoms with Crippen molar-refractivity contribution in [3.8, 4) is 0 Å². The predicted molar refractivity (Wildman–Crippen MR) is 172 cm³/mol. The van der Waals surface area contributed by atoms with Crippen LogP contribution in [0.5, 0.6) is 0 Å². The number of hydrogen-bond acceptors (Lipinski definition) is 6. The summed E-state index contributed by atoms with van der Waals surface area (Å²) in [4.78, 5) is 33.4. The molecule has 2 heterocycles. The first-order chi connectivity index (χ1) is 19.8. The first kappa shape index (κ1) is 31.6. The lowest BCUT2D eigenvalue weighted by atomic mass is 10.2. The van der Waals surface area contributed by atoms with E-state index in [1.54, 1.807) is 6.92 Å². The SMILES string of the molecule is C/C(=N\C(=S)O[C@H]1C[C@H](n2cc(C)c(=O)[nH]c2=O)O[C@@H]1CO[Si](c1ccccc1)(c1ccccc1)C(C)(C)C)N(C)C. The van der Waals surface area contributed by atoms with Gasteiger partial charge in [-0.2, -0.15) is 4.99 Å². The van der Waals surface area contributed by atoms with E-state index in [0.29, 0.717) is 17.8 Å². The third-order valence-corrected chi connectivity index (χ3v) is 12.9. The summed E-state index contributed by atoms with van der Waals surface area (Å²) < 4.78 is 21.2. The minimum atomic E-state index is -2.87. The average Bonchev–Trinajstić information content (AvgIpc) is 3.33. The number of hydrogen-bond donors (Lipinski definition) is 1. The summed E-state index contributed by atoms with van der Waals surface area (Å²) in [5, 5.41) is 2.13. The van der Waals surface area contributed by atoms with Crippen LogP contribution in [0.3, 0.4) is 0 Å².